The summed E-state index contributed by atoms with van der Waals surface area (Å²) in [5.41, 5.74) is 0.719. The molecule has 1 amide bonds. The molecule has 0 fully saturated rings. The lowest BCUT2D eigenvalue weighted by Crippen LogP contribution is -2.29. The van der Waals surface area contributed by atoms with Gasteiger partial charge in [0.25, 0.3) is 11.5 Å². The normalized spacial score (nSPS) is 16.6. The summed E-state index contributed by atoms with van der Waals surface area (Å²) in [5.74, 6) is -0.516. The average molecular weight is 365 g/mol. The van der Waals surface area contributed by atoms with Crippen LogP contribution in [0.25, 0.3) is 0 Å². The number of rotatable bonds is 2. The Labute approximate surface area is 148 Å². The van der Waals surface area contributed by atoms with Crippen molar-refractivity contribution in [1.82, 2.24) is 4.98 Å². The second-order valence-electron chi connectivity index (χ2n) is 5.95. The van der Waals surface area contributed by atoms with Crippen LogP contribution in [0.5, 0.6) is 0 Å². The number of ketones is 1. The van der Waals surface area contributed by atoms with Gasteiger partial charge in [0.1, 0.15) is 5.56 Å². The minimum atomic E-state index is -0.621. The smallest absolute Gasteiger partial charge is 0.261 e. The predicted molar refractivity (Wildman–Crippen MR) is 93.3 cm³/mol. The van der Waals surface area contributed by atoms with Gasteiger partial charge in [-0.05, 0) is 36.6 Å². The summed E-state index contributed by atoms with van der Waals surface area (Å²) in [6.07, 6.45) is 1.02. The lowest BCUT2D eigenvalue weighted by Gasteiger charge is -2.20. The molecule has 0 saturated carbocycles. The van der Waals surface area contributed by atoms with Gasteiger partial charge in [0.15, 0.2) is 5.78 Å². The van der Waals surface area contributed by atoms with E-state index in [0.29, 0.717) is 39.8 Å². The van der Waals surface area contributed by atoms with E-state index in [1.54, 1.807) is 0 Å². The van der Waals surface area contributed by atoms with E-state index in [1.807, 2.05) is 6.92 Å². The molecule has 0 aliphatic heterocycles. The minimum absolute atomic E-state index is 0.0696. The number of pyridine rings is 1. The van der Waals surface area contributed by atoms with Gasteiger partial charge in [0, 0.05) is 33.4 Å². The lowest BCUT2D eigenvalue weighted by molar-refractivity contribution is 0.0952. The Morgan fingerprint density at radius 2 is 1.79 bits per heavy atom. The summed E-state index contributed by atoms with van der Waals surface area (Å²) in [5, 5.41) is 3.30. The predicted octanol–water partition coefficient (Wildman–Crippen LogP) is 3.70. The molecule has 24 heavy (non-hydrogen) atoms. The number of hydrogen-bond donors (Lipinski definition) is 2. The van der Waals surface area contributed by atoms with Crippen LogP contribution < -0.4 is 10.9 Å². The van der Waals surface area contributed by atoms with Gasteiger partial charge in [0.2, 0.25) is 0 Å². The number of carbonyl (C=O) groups is 2. The molecule has 0 saturated heterocycles. The van der Waals surface area contributed by atoms with Crippen LogP contribution in [-0.4, -0.2) is 16.7 Å². The average Bonchev–Trinajstić information content (AvgIpc) is 2.44. The molecular weight excluding hydrogens is 351 g/mol. The number of H-pyrrole nitrogens is 1. The van der Waals surface area contributed by atoms with Crippen molar-refractivity contribution in [3.05, 3.63) is 61.5 Å². The Morgan fingerprint density at radius 3 is 2.46 bits per heavy atom. The first kappa shape index (κ1) is 16.7. The van der Waals surface area contributed by atoms with Gasteiger partial charge < -0.3 is 10.3 Å². The number of amides is 1. The zero-order valence-electron chi connectivity index (χ0n) is 12.8. The van der Waals surface area contributed by atoms with Crippen molar-refractivity contribution in [1.29, 1.82) is 0 Å². The number of halogens is 2. The van der Waals surface area contributed by atoms with Crippen LogP contribution in [-0.2, 0) is 6.42 Å². The standard InChI is InChI=1S/C17H14Cl2N2O3/c1-8-2-14-12(15(22)3-8)7-13(17(24)21-14)16(23)20-11-5-9(18)4-10(19)6-11/h4-8H,2-3H2,1H3,(H,20,23)(H,21,24). The highest BCUT2D eigenvalue weighted by Crippen LogP contribution is 2.25. The highest BCUT2D eigenvalue weighted by atomic mass is 35.5. The topological polar surface area (TPSA) is 79.0 Å². The molecule has 1 aromatic carbocycles. The van der Waals surface area contributed by atoms with Crippen LogP contribution in [0.15, 0.2) is 29.1 Å². The first-order valence-electron chi connectivity index (χ1n) is 7.40. The largest absolute Gasteiger partial charge is 0.325 e. The number of aromatic nitrogens is 1. The van der Waals surface area contributed by atoms with Crippen LogP contribution in [0, 0.1) is 5.92 Å². The van der Waals surface area contributed by atoms with E-state index in [-0.39, 0.29) is 17.3 Å². The molecular formula is C17H14Cl2N2O3. The minimum Gasteiger partial charge on any atom is -0.325 e. The van der Waals surface area contributed by atoms with Crippen LogP contribution >= 0.6 is 23.2 Å². The van der Waals surface area contributed by atoms with E-state index in [1.165, 1.54) is 24.3 Å². The molecule has 1 aliphatic carbocycles. The van der Waals surface area contributed by atoms with Crippen LogP contribution in [0.1, 0.15) is 39.8 Å². The van der Waals surface area contributed by atoms with Crippen molar-refractivity contribution >= 4 is 40.6 Å². The van der Waals surface area contributed by atoms with Gasteiger partial charge in [-0.2, -0.15) is 0 Å². The maximum Gasteiger partial charge on any atom is 0.261 e. The summed E-state index contributed by atoms with van der Waals surface area (Å²) < 4.78 is 0. The van der Waals surface area contributed by atoms with Gasteiger partial charge in [0.05, 0.1) is 0 Å². The second kappa shape index (κ2) is 6.42. The Hall–Kier alpha value is -2.11. The van der Waals surface area contributed by atoms with Crippen molar-refractivity contribution < 1.29 is 9.59 Å². The molecule has 2 N–H and O–H groups in total. The molecule has 5 nitrogen and oxygen atoms in total. The van der Waals surface area contributed by atoms with Crippen molar-refractivity contribution in [2.45, 2.75) is 19.8 Å². The lowest BCUT2D eigenvalue weighted by atomic mass is 9.86. The van der Waals surface area contributed by atoms with E-state index in [4.69, 9.17) is 23.2 Å². The fraction of sp³-hybridized carbons (Fsp3) is 0.235. The second-order valence-corrected chi connectivity index (χ2v) is 6.83. The van der Waals surface area contributed by atoms with Crippen LogP contribution in [0.4, 0.5) is 5.69 Å². The first-order chi connectivity index (χ1) is 11.3. The number of hydrogen-bond acceptors (Lipinski definition) is 3. The first-order valence-corrected chi connectivity index (χ1v) is 8.16. The number of benzene rings is 1. The number of nitrogens with one attached hydrogen (secondary N) is 2. The quantitative estimate of drug-likeness (QED) is 0.852. The number of anilines is 1. The molecule has 3 rings (SSSR count). The Morgan fingerprint density at radius 1 is 1.12 bits per heavy atom. The van der Waals surface area contributed by atoms with E-state index >= 15 is 0 Å². The molecule has 1 aromatic heterocycles. The molecule has 2 aromatic rings. The van der Waals surface area contributed by atoms with Gasteiger partial charge in [-0.15, -0.1) is 0 Å². The van der Waals surface area contributed by atoms with Gasteiger partial charge in [-0.3, -0.25) is 14.4 Å². The molecule has 0 bridgehead atoms. The van der Waals surface area contributed by atoms with Crippen molar-refractivity contribution in [3.8, 4) is 0 Å². The van der Waals surface area contributed by atoms with Crippen LogP contribution in [0.2, 0.25) is 10.0 Å². The van der Waals surface area contributed by atoms with E-state index in [2.05, 4.69) is 10.3 Å². The summed E-state index contributed by atoms with van der Waals surface area (Å²) in [4.78, 5) is 39.4. The maximum atomic E-state index is 12.4. The highest BCUT2D eigenvalue weighted by Gasteiger charge is 2.25. The fourth-order valence-corrected chi connectivity index (χ4v) is 3.34. The Balaban J connectivity index is 1.94. The van der Waals surface area contributed by atoms with Crippen LogP contribution in [0.3, 0.4) is 0 Å². The monoisotopic (exact) mass is 364 g/mol. The third-order valence-corrected chi connectivity index (χ3v) is 4.31. The molecule has 1 aliphatic rings. The van der Waals surface area contributed by atoms with Crippen molar-refractivity contribution in [3.63, 3.8) is 0 Å². The number of fused-ring (bicyclic) bond motifs is 1. The number of Topliss-reactive ketones (excluding diaryl/α,β-unsaturated/α-hetero) is 1. The highest BCUT2D eigenvalue weighted by molar-refractivity contribution is 6.35. The summed E-state index contributed by atoms with van der Waals surface area (Å²) in [7, 11) is 0. The summed E-state index contributed by atoms with van der Waals surface area (Å²) in [6.45, 7) is 1.95. The van der Waals surface area contributed by atoms with Crippen molar-refractivity contribution in [2.24, 2.45) is 5.92 Å². The summed E-state index contributed by atoms with van der Waals surface area (Å²) in [6, 6.07) is 5.93. The Bertz CT molecular complexity index is 885. The third kappa shape index (κ3) is 3.37. The fourth-order valence-electron chi connectivity index (χ4n) is 2.82. The molecule has 1 heterocycles. The van der Waals surface area contributed by atoms with Crippen molar-refractivity contribution in [2.75, 3.05) is 5.32 Å². The molecule has 0 spiro atoms. The van der Waals surface area contributed by atoms with E-state index < -0.39 is 11.5 Å². The maximum absolute atomic E-state index is 12.4. The molecule has 1 unspecified atom stereocenters. The van der Waals surface area contributed by atoms with Gasteiger partial charge in [-0.1, -0.05) is 30.1 Å². The zero-order chi connectivity index (χ0) is 17.4. The zero-order valence-corrected chi connectivity index (χ0v) is 14.3. The van der Waals surface area contributed by atoms with Gasteiger partial charge >= 0.3 is 0 Å². The number of aromatic amines is 1. The van der Waals surface area contributed by atoms with E-state index in [0.717, 1.165) is 0 Å². The molecule has 124 valence electrons. The number of carbonyl (C=O) groups excluding carboxylic acids is 2. The summed E-state index contributed by atoms with van der Waals surface area (Å²) >= 11 is 11.8. The SMILES string of the molecule is CC1CC(=O)c2cc(C(=O)Nc3cc(Cl)cc(Cl)c3)c(=O)[nH]c2C1. The third-order valence-electron chi connectivity index (χ3n) is 3.87. The van der Waals surface area contributed by atoms with E-state index in [9.17, 15) is 14.4 Å². The molecule has 7 heteroatoms. The Kier molecular flexibility index (Phi) is 4.47. The van der Waals surface area contributed by atoms with Gasteiger partial charge in [-0.25, -0.2) is 0 Å². The molecule has 1 atom stereocenters. The molecule has 0 radical (unpaired) electrons.